The number of ether oxygens (including phenoxy) is 2. The summed E-state index contributed by atoms with van der Waals surface area (Å²) in [4.78, 5) is 23.4. The standard InChI is InChI=1S/C10H11FN2O4/c11-8-3-12(1-6-4-16-6)10(15)13(9(8)14)2-7-5-17-7/h3,6-7H,1-2,4-5H2. The smallest absolute Gasteiger partial charge is 0.331 e. The maximum Gasteiger partial charge on any atom is 0.331 e. The normalized spacial score (nSPS) is 25.9. The van der Waals surface area contributed by atoms with E-state index >= 15 is 0 Å². The van der Waals surface area contributed by atoms with Gasteiger partial charge in [-0.3, -0.25) is 13.9 Å². The summed E-state index contributed by atoms with van der Waals surface area (Å²) in [6, 6.07) is 0. The summed E-state index contributed by atoms with van der Waals surface area (Å²) in [5.74, 6) is -0.925. The summed E-state index contributed by atoms with van der Waals surface area (Å²) in [7, 11) is 0. The summed E-state index contributed by atoms with van der Waals surface area (Å²) < 4.78 is 25.4. The van der Waals surface area contributed by atoms with Crippen molar-refractivity contribution in [3.63, 3.8) is 0 Å². The Hall–Kier alpha value is -1.47. The van der Waals surface area contributed by atoms with Crippen LogP contribution in [-0.2, 0) is 22.6 Å². The van der Waals surface area contributed by atoms with Gasteiger partial charge >= 0.3 is 5.69 Å². The molecule has 6 nitrogen and oxygen atoms in total. The number of hydrogen-bond donors (Lipinski definition) is 0. The first-order chi connectivity index (χ1) is 8.15. The molecule has 92 valence electrons. The van der Waals surface area contributed by atoms with Crippen molar-refractivity contribution < 1.29 is 13.9 Å². The zero-order chi connectivity index (χ0) is 12.0. The largest absolute Gasteiger partial charge is 0.371 e. The zero-order valence-corrected chi connectivity index (χ0v) is 8.97. The lowest BCUT2D eigenvalue weighted by Gasteiger charge is -2.08. The van der Waals surface area contributed by atoms with Crippen molar-refractivity contribution in [2.45, 2.75) is 25.3 Å². The van der Waals surface area contributed by atoms with Gasteiger partial charge in [0, 0.05) is 0 Å². The summed E-state index contributed by atoms with van der Waals surface area (Å²) in [6.07, 6.45) is 0.749. The molecule has 2 aliphatic heterocycles. The minimum atomic E-state index is -0.925. The predicted octanol–water partition coefficient (Wildman–Crippen LogP) is -1.05. The van der Waals surface area contributed by atoms with Gasteiger partial charge < -0.3 is 9.47 Å². The third-order valence-electron chi connectivity index (χ3n) is 2.79. The van der Waals surface area contributed by atoms with Gasteiger partial charge in [-0.2, -0.15) is 4.39 Å². The van der Waals surface area contributed by atoms with E-state index < -0.39 is 17.1 Å². The molecular formula is C10H11FN2O4. The van der Waals surface area contributed by atoms with Crippen LogP contribution in [0.5, 0.6) is 0 Å². The highest BCUT2D eigenvalue weighted by atomic mass is 19.1. The van der Waals surface area contributed by atoms with Crippen LogP contribution in [0.1, 0.15) is 0 Å². The van der Waals surface area contributed by atoms with Gasteiger partial charge in [-0.05, 0) is 0 Å². The second kappa shape index (κ2) is 3.78. The van der Waals surface area contributed by atoms with Crippen molar-refractivity contribution in [1.82, 2.24) is 9.13 Å². The third kappa shape index (κ3) is 2.16. The number of aromatic nitrogens is 2. The SMILES string of the molecule is O=c1c(F)cn(CC2CO2)c(=O)n1CC1CO1. The topological polar surface area (TPSA) is 69.1 Å². The lowest BCUT2D eigenvalue weighted by molar-refractivity contribution is 0.353. The second-order valence-corrected chi connectivity index (χ2v) is 4.24. The van der Waals surface area contributed by atoms with Crippen LogP contribution in [0.4, 0.5) is 4.39 Å². The van der Waals surface area contributed by atoms with Gasteiger partial charge in [0.25, 0.3) is 5.56 Å². The van der Waals surface area contributed by atoms with E-state index in [9.17, 15) is 14.0 Å². The summed E-state index contributed by atoms with van der Waals surface area (Å²) in [5, 5.41) is 0. The quantitative estimate of drug-likeness (QED) is 0.631. The van der Waals surface area contributed by atoms with Crippen LogP contribution < -0.4 is 11.2 Å². The summed E-state index contributed by atoms with van der Waals surface area (Å²) in [5.41, 5.74) is -1.40. The van der Waals surface area contributed by atoms with Crippen molar-refractivity contribution in [2.75, 3.05) is 13.2 Å². The minimum absolute atomic E-state index is 0.0461. The Morgan fingerprint density at radius 3 is 2.41 bits per heavy atom. The Morgan fingerprint density at radius 2 is 1.82 bits per heavy atom. The molecule has 3 heterocycles. The van der Waals surface area contributed by atoms with E-state index in [2.05, 4.69) is 0 Å². The number of hydrogen-bond acceptors (Lipinski definition) is 4. The first-order valence-corrected chi connectivity index (χ1v) is 5.38. The van der Waals surface area contributed by atoms with E-state index in [-0.39, 0.29) is 25.3 Å². The van der Waals surface area contributed by atoms with Crippen molar-refractivity contribution in [3.05, 3.63) is 32.9 Å². The molecule has 2 fully saturated rings. The van der Waals surface area contributed by atoms with E-state index in [1.54, 1.807) is 0 Å². The summed E-state index contributed by atoms with van der Waals surface area (Å²) in [6.45, 7) is 1.47. The van der Waals surface area contributed by atoms with E-state index in [4.69, 9.17) is 9.47 Å². The van der Waals surface area contributed by atoms with Gasteiger partial charge in [0.15, 0.2) is 0 Å². The van der Waals surface area contributed by atoms with Gasteiger partial charge in [0.05, 0.1) is 44.7 Å². The first kappa shape index (κ1) is 10.7. The average Bonchev–Trinajstić information content (AvgIpc) is 3.15. The molecule has 17 heavy (non-hydrogen) atoms. The molecule has 0 N–H and O–H groups in total. The van der Waals surface area contributed by atoms with Crippen LogP contribution in [0.25, 0.3) is 0 Å². The lowest BCUT2D eigenvalue weighted by Crippen LogP contribution is -2.42. The molecular weight excluding hydrogens is 231 g/mol. The van der Waals surface area contributed by atoms with Gasteiger partial charge in [-0.15, -0.1) is 0 Å². The Balaban J connectivity index is 2.00. The van der Waals surface area contributed by atoms with Gasteiger partial charge in [-0.25, -0.2) is 4.79 Å². The fraction of sp³-hybridized carbons (Fsp3) is 0.600. The van der Waals surface area contributed by atoms with E-state index in [1.165, 1.54) is 4.57 Å². The van der Waals surface area contributed by atoms with Crippen molar-refractivity contribution >= 4 is 0 Å². The number of halogens is 1. The maximum absolute atomic E-state index is 13.4. The van der Waals surface area contributed by atoms with Gasteiger partial charge in [0.2, 0.25) is 5.82 Å². The second-order valence-electron chi connectivity index (χ2n) is 4.24. The van der Waals surface area contributed by atoms with Crippen LogP contribution in [-0.4, -0.2) is 34.6 Å². The van der Waals surface area contributed by atoms with Crippen LogP contribution >= 0.6 is 0 Å². The fourth-order valence-corrected chi connectivity index (χ4v) is 1.68. The highest BCUT2D eigenvalue weighted by Crippen LogP contribution is 2.11. The Labute approximate surface area is 95.2 Å². The Bertz CT molecular complexity index is 556. The molecule has 0 aliphatic carbocycles. The van der Waals surface area contributed by atoms with Gasteiger partial charge in [0.1, 0.15) is 0 Å². The molecule has 0 bridgehead atoms. The molecule has 2 saturated heterocycles. The predicted molar refractivity (Wildman–Crippen MR) is 54.4 cm³/mol. The van der Waals surface area contributed by atoms with Crippen LogP contribution in [0.15, 0.2) is 15.8 Å². The first-order valence-electron chi connectivity index (χ1n) is 5.38. The van der Waals surface area contributed by atoms with E-state index in [1.807, 2.05) is 0 Å². The number of rotatable bonds is 4. The molecule has 0 saturated carbocycles. The van der Waals surface area contributed by atoms with E-state index in [0.29, 0.717) is 13.2 Å². The molecule has 0 aromatic carbocycles. The highest BCUT2D eigenvalue weighted by Gasteiger charge is 2.27. The molecule has 7 heteroatoms. The monoisotopic (exact) mass is 242 g/mol. The molecule has 0 radical (unpaired) electrons. The van der Waals surface area contributed by atoms with E-state index in [0.717, 1.165) is 10.8 Å². The minimum Gasteiger partial charge on any atom is -0.371 e. The molecule has 2 unspecified atom stereocenters. The van der Waals surface area contributed by atoms with Crippen molar-refractivity contribution in [1.29, 1.82) is 0 Å². The Morgan fingerprint density at radius 1 is 1.24 bits per heavy atom. The zero-order valence-electron chi connectivity index (χ0n) is 8.97. The fourth-order valence-electron chi connectivity index (χ4n) is 1.68. The molecule has 2 atom stereocenters. The Kier molecular flexibility index (Phi) is 2.37. The maximum atomic E-state index is 13.4. The van der Waals surface area contributed by atoms with Crippen molar-refractivity contribution in [2.24, 2.45) is 0 Å². The number of epoxide rings is 2. The molecule has 3 rings (SSSR count). The van der Waals surface area contributed by atoms with Gasteiger partial charge in [-0.1, -0.05) is 0 Å². The molecule has 1 aromatic rings. The molecule has 2 aliphatic rings. The van der Waals surface area contributed by atoms with Crippen LogP contribution in [0.3, 0.4) is 0 Å². The lowest BCUT2D eigenvalue weighted by atomic mass is 10.4. The average molecular weight is 242 g/mol. The number of nitrogens with zero attached hydrogens (tertiary/aromatic N) is 2. The van der Waals surface area contributed by atoms with Crippen molar-refractivity contribution in [3.8, 4) is 0 Å². The molecule has 0 amide bonds. The van der Waals surface area contributed by atoms with Crippen LogP contribution in [0, 0.1) is 5.82 Å². The third-order valence-corrected chi connectivity index (χ3v) is 2.79. The highest BCUT2D eigenvalue weighted by molar-refractivity contribution is 4.92. The molecule has 0 spiro atoms. The summed E-state index contributed by atoms with van der Waals surface area (Å²) >= 11 is 0. The molecule has 1 aromatic heterocycles. The van der Waals surface area contributed by atoms with Crippen LogP contribution in [0.2, 0.25) is 0 Å².